The molecule has 0 saturated heterocycles. The Morgan fingerprint density at radius 1 is 1.48 bits per heavy atom. The van der Waals surface area contributed by atoms with E-state index < -0.39 is 24.2 Å². The third kappa shape index (κ3) is 2.92. The lowest BCUT2D eigenvalue weighted by atomic mass is 10.1. The van der Waals surface area contributed by atoms with Crippen molar-refractivity contribution < 1.29 is 23.1 Å². The van der Waals surface area contributed by atoms with Crippen LogP contribution in [0, 0.1) is 6.92 Å². The van der Waals surface area contributed by atoms with E-state index in [9.17, 15) is 23.1 Å². The molecule has 1 N–H and O–H groups in total. The Labute approximate surface area is 118 Å². The number of nitrogens with zero attached hydrogens (tertiary/aromatic N) is 4. The first-order valence-electron chi connectivity index (χ1n) is 6.29. The Morgan fingerprint density at radius 2 is 2.14 bits per heavy atom. The molecule has 1 aliphatic heterocycles. The summed E-state index contributed by atoms with van der Waals surface area (Å²) in [5, 5.41) is 17.4. The van der Waals surface area contributed by atoms with Crippen LogP contribution >= 0.6 is 0 Å². The van der Waals surface area contributed by atoms with Gasteiger partial charge < -0.3 is 5.11 Å². The average Bonchev–Trinajstić information content (AvgIpc) is 2.90. The third-order valence-corrected chi connectivity index (χ3v) is 3.13. The van der Waals surface area contributed by atoms with E-state index in [2.05, 4.69) is 10.2 Å². The van der Waals surface area contributed by atoms with E-state index in [0.29, 0.717) is 0 Å². The molecule has 0 bridgehead atoms. The Morgan fingerprint density at radius 3 is 2.67 bits per heavy atom. The molecule has 21 heavy (non-hydrogen) atoms. The minimum atomic E-state index is -4.97. The van der Waals surface area contributed by atoms with Crippen LogP contribution in [0.1, 0.15) is 25.3 Å². The van der Waals surface area contributed by atoms with Crippen molar-refractivity contribution in [2.45, 2.75) is 45.1 Å². The molecular weight excluding hydrogens is 289 g/mol. The van der Waals surface area contributed by atoms with Crippen LogP contribution in [0.3, 0.4) is 0 Å². The number of carbonyl (C=O) groups excluding carboxylic acids is 1. The van der Waals surface area contributed by atoms with Crippen LogP contribution in [0.4, 0.5) is 13.2 Å². The summed E-state index contributed by atoms with van der Waals surface area (Å²) in [6.45, 7) is 3.26. The Kier molecular flexibility index (Phi) is 3.79. The highest BCUT2D eigenvalue weighted by molar-refractivity contribution is 5.89. The van der Waals surface area contributed by atoms with Gasteiger partial charge in [-0.05, 0) is 19.4 Å². The minimum Gasteiger partial charge on any atom is -0.362 e. The molecule has 116 valence electrons. The third-order valence-electron chi connectivity index (χ3n) is 3.13. The van der Waals surface area contributed by atoms with Gasteiger partial charge in [0.25, 0.3) is 5.72 Å². The molecule has 0 spiro atoms. The maximum atomic E-state index is 13.0. The molecule has 2 rings (SSSR count). The highest BCUT2D eigenvalue weighted by Gasteiger charge is 2.62. The van der Waals surface area contributed by atoms with Gasteiger partial charge in [-0.25, -0.2) is 0 Å². The standard InChI is InChI=1S/C12H15F3N4O2/c1-8-6-16-18(7-8)4-3-10(20)19-11(21,12(13,14)15)5-9(2)17-19/h6-7,21H,3-5H2,1-2H3. The zero-order chi connectivity index (χ0) is 15.8. The lowest BCUT2D eigenvalue weighted by Crippen LogP contribution is -2.56. The summed E-state index contributed by atoms with van der Waals surface area (Å²) in [5.41, 5.74) is -2.32. The number of hydrogen-bond acceptors (Lipinski definition) is 4. The van der Waals surface area contributed by atoms with E-state index in [-0.39, 0.29) is 23.7 Å². The van der Waals surface area contributed by atoms with Crippen molar-refractivity contribution in [1.82, 2.24) is 14.8 Å². The Balaban J connectivity index is 2.09. The van der Waals surface area contributed by atoms with Gasteiger partial charge in [-0.15, -0.1) is 0 Å². The van der Waals surface area contributed by atoms with Crippen LogP contribution in [0.2, 0.25) is 0 Å². The molecule has 9 heteroatoms. The van der Waals surface area contributed by atoms with Crippen molar-refractivity contribution in [2.24, 2.45) is 5.10 Å². The molecule has 0 saturated carbocycles. The molecule has 0 radical (unpaired) electrons. The molecule has 1 atom stereocenters. The second-order valence-electron chi connectivity index (χ2n) is 5.06. The number of halogens is 3. The number of aryl methyl sites for hydroxylation is 2. The summed E-state index contributed by atoms with van der Waals surface area (Å²) in [5.74, 6) is -0.903. The molecule has 1 unspecified atom stereocenters. The van der Waals surface area contributed by atoms with Gasteiger partial charge >= 0.3 is 6.18 Å². The van der Waals surface area contributed by atoms with Gasteiger partial charge in [-0.1, -0.05) is 0 Å². The van der Waals surface area contributed by atoms with Gasteiger partial charge in [0.2, 0.25) is 5.91 Å². The summed E-state index contributed by atoms with van der Waals surface area (Å²) in [4.78, 5) is 12.0. The summed E-state index contributed by atoms with van der Waals surface area (Å²) in [7, 11) is 0. The van der Waals surface area contributed by atoms with Crippen molar-refractivity contribution in [1.29, 1.82) is 0 Å². The van der Waals surface area contributed by atoms with Crippen LogP contribution in [-0.2, 0) is 11.3 Å². The molecule has 0 aromatic carbocycles. The fourth-order valence-corrected chi connectivity index (χ4v) is 2.11. The van der Waals surface area contributed by atoms with Crippen LogP contribution in [-0.4, -0.2) is 43.4 Å². The predicted molar refractivity (Wildman–Crippen MR) is 67.2 cm³/mol. The summed E-state index contributed by atoms with van der Waals surface area (Å²) in [6.07, 6.45) is -2.69. The number of alkyl halides is 3. The number of aromatic nitrogens is 2. The number of hydrogen-bond donors (Lipinski definition) is 1. The number of rotatable bonds is 3. The largest absolute Gasteiger partial charge is 0.438 e. The molecule has 1 aliphatic rings. The lowest BCUT2D eigenvalue weighted by molar-refractivity contribution is -0.302. The second-order valence-corrected chi connectivity index (χ2v) is 5.06. The van der Waals surface area contributed by atoms with E-state index in [1.165, 1.54) is 11.6 Å². The number of aliphatic hydroxyl groups is 1. The first-order valence-corrected chi connectivity index (χ1v) is 6.29. The van der Waals surface area contributed by atoms with E-state index in [4.69, 9.17) is 0 Å². The molecular formula is C12H15F3N4O2. The smallest absolute Gasteiger partial charge is 0.362 e. The minimum absolute atomic E-state index is 0.0538. The van der Waals surface area contributed by atoms with Crippen molar-refractivity contribution in [3.63, 3.8) is 0 Å². The van der Waals surface area contributed by atoms with Gasteiger partial charge in [-0.3, -0.25) is 9.48 Å². The normalized spacial score (nSPS) is 22.6. The van der Waals surface area contributed by atoms with Crippen LogP contribution in [0.5, 0.6) is 0 Å². The van der Waals surface area contributed by atoms with Gasteiger partial charge in [0, 0.05) is 31.3 Å². The zero-order valence-electron chi connectivity index (χ0n) is 11.6. The Bertz CT molecular complexity index is 581. The quantitative estimate of drug-likeness (QED) is 0.918. The van der Waals surface area contributed by atoms with Gasteiger partial charge in [-0.2, -0.15) is 28.4 Å². The molecule has 2 heterocycles. The fraction of sp³-hybridized carbons (Fsp3) is 0.583. The Hall–Kier alpha value is -1.90. The predicted octanol–water partition coefficient (Wildman–Crippen LogP) is 1.44. The molecule has 6 nitrogen and oxygen atoms in total. The van der Waals surface area contributed by atoms with E-state index in [1.807, 2.05) is 6.92 Å². The number of carbonyl (C=O) groups is 1. The van der Waals surface area contributed by atoms with Crippen molar-refractivity contribution >= 4 is 11.6 Å². The van der Waals surface area contributed by atoms with Gasteiger partial charge in [0.15, 0.2) is 0 Å². The fourth-order valence-electron chi connectivity index (χ4n) is 2.11. The lowest BCUT2D eigenvalue weighted by Gasteiger charge is -2.32. The molecule has 0 aliphatic carbocycles. The highest BCUT2D eigenvalue weighted by Crippen LogP contribution is 2.40. The summed E-state index contributed by atoms with van der Waals surface area (Å²) < 4.78 is 40.3. The van der Waals surface area contributed by atoms with E-state index in [0.717, 1.165) is 5.56 Å². The zero-order valence-corrected chi connectivity index (χ0v) is 11.6. The monoisotopic (exact) mass is 304 g/mol. The topological polar surface area (TPSA) is 70.7 Å². The highest BCUT2D eigenvalue weighted by atomic mass is 19.4. The van der Waals surface area contributed by atoms with Crippen LogP contribution < -0.4 is 0 Å². The number of hydrazone groups is 1. The average molecular weight is 304 g/mol. The van der Waals surface area contributed by atoms with Gasteiger partial charge in [0.05, 0.1) is 6.20 Å². The summed E-state index contributed by atoms with van der Waals surface area (Å²) >= 11 is 0. The SMILES string of the molecule is CC1=NN(C(=O)CCn2cc(C)cn2)C(O)(C(F)(F)F)C1. The van der Waals surface area contributed by atoms with E-state index >= 15 is 0 Å². The second kappa shape index (κ2) is 5.14. The molecule has 1 amide bonds. The van der Waals surface area contributed by atoms with Crippen LogP contribution in [0.15, 0.2) is 17.5 Å². The molecule has 1 aromatic rings. The van der Waals surface area contributed by atoms with Crippen LogP contribution in [0.25, 0.3) is 0 Å². The summed E-state index contributed by atoms with van der Waals surface area (Å²) in [6, 6.07) is 0. The van der Waals surface area contributed by atoms with Crippen molar-refractivity contribution in [2.75, 3.05) is 0 Å². The van der Waals surface area contributed by atoms with E-state index in [1.54, 1.807) is 12.4 Å². The first kappa shape index (κ1) is 15.5. The maximum absolute atomic E-state index is 13.0. The van der Waals surface area contributed by atoms with Gasteiger partial charge in [0.1, 0.15) is 0 Å². The number of amides is 1. The van der Waals surface area contributed by atoms with Crippen molar-refractivity contribution in [3.05, 3.63) is 18.0 Å². The molecule has 1 aromatic heterocycles. The molecule has 0 fully saturated rings. The maximum Gasteiger partial charge on any atom is 0.438 e. The van der Waals surface area contributed by atoms with Crippen molar-refractivity contribution in [3.8, 4) is 0 Å². The first-order chi connectivity index (χ1) is 9.63.